The molecule has 0 aliphatic carbocycles. The van der Waals surface area contributed by atoms with Gasteiger partial charge in [0.05, 0.1) is 11.1 Å². The third-order valence-electron chi connectivity index (χ3n) is 2.02. The van der Waals surface area contributed by atoms with Crippen molar-refractivity contribution in [1.82, 2.24) is 0 Å². The summed E-state index contributed by atoms with van der Waals surface area (Å²) in [6, 6.07) is 5.52. The van der Waals surface area contributed by atoms with E-state index in [0.29, 0.717) is 10.8 Å². The van der Waals surface area contributed by atoms with E-state index in [-0.39, 0.29) is 18.6 Å². The van der Waals surface area contributed by atoms with Crippen molar-refractivity contribution in [3.63, 3.8) is 0 Å². The molecule has 0 aliphatic heterocycles. The number of halogens is 1. The van der Waals surface area contributed by atoms with Gasteiger partial charge in [0.2, 0.25) is 0 Å². The Balaban J connectivity index is 3.00. The second-order valence-corrected chi connectivity index (χ2v) is 4.08. The van der Waals surface area contributed by atoms with Crippen molar-refractivity contribution in [2.75, 3.05) is 6.61 Å². The summed E-state index contributed by atoms with van der Waals surface area (Å²) in [6.07, 6.45) is 0.0788. The van der Waals surface area contributed by atoms with E-state index in [1.54, 1.807) is 0 Å². The summed E-state index contributed by atoms with van der Waals surface area (Å²) in [5, 5.41) is 9.57. The van der Waals surface area contributed by atoms with Gasteiger partial charge in [-0.1, -0.05) is 23.7 Å². The fraction of sp³-hybridized carbons (Fsp3) is 0.417. The smallest absolute Gasteiger partial charge is 0.138 e. The van der Waals surface area contributed by atoms with Crippen LogP contribution in [0.4, 0.5) is 0 Å². The van der Waals surface area contributed by atoms with Gasteiger partial charge in [-0.3, -0.25) is 0 Å². The van der Waals surface area contributed by atoms with E-state index in [9.17, 15) is 0 Å². The molecule has 1 unspecified atom stereocenters. The lowest BCUT2D eigenvalue weighted by Crippen LogP contribution is -2.07. The molecule has 83 valence electrons. The quantitative estimate of drug-likeness (QED) is 0.857. The number of hydrogen-bond donors (Lipinski definition) is 1. The van der Waals surface area contributed by atoms with E-state index in [2.05, 4.69) is 6.92 Å². The van der Waals surface area contributed by atoms with Crippen molar-refractivity contribution in [3.05, 3.63) is 35.7 Å². The monoisotopic (exact) mass is 227 g/mol. The minimum Gasteiger partial charge on any atom is -0.489 e. The molecule has 0 saturated heterocycles. The second-order valence-electron chi connectivity index (χ2n) is 3.71. The van der Waals surface area contributed by atoms with Gasteiger partial charge in [0, 0.05) is 12.5 Å². The van der Waals surface area contributed by atoms with E-state index in [1.807, 2.05) is 32.0 Å². The van der Waals surface area contributed by atoms with Crippen LogP contribution in [0.5, 0.6) is 5.75 Å². The summed E-state index contributed by atoms with van der Waals surface area (Å²) >= 11 is 6.15. The second kappa shape index (κ2) is 5.38. The van der Waals surface area contributed by atoms with E-state index in [1.165, 1.54) is 0 Å². The highest BCUT2D eigenvalue weighted by atomic mass is 35.5. The van der Waals surface area contributed by atoms with Crippen molar-refractivity contribution in [2.45, 2.75) is 25.9 Å². The predicted molar refractivity (Wildman–Crippen MR) is 62.4 cm³/mol. The Bertz CT molecular complexity index is 323. The van der Waals surface area contributed by atoms with Gasteiger partial charge in [0.15, 0.2) is 0 Å². The molecule has 1 aromatic carbocycles. The molecule has 0 aromatic heterocycles. The molecule has 2 nitrogen and oxygen atoms in total. The van der Waals surface area contributed by atoms with Crippen molar-refractivity contribution < 1.29 is 9.84 Å². The van der Waals surface area contributed by atoms with Crippen molar-refractivity contribution in [3.8, 4) is 5.75 Å². The molecule has 1 atom stereocenters. The van der Waals surface area contributed by atoms with Crippen molar-refractivity contribution in [1.29, 1.82) is 0 Å². The third kappa shape index (κ3) is 3.11. The summed E-state index contributed by atoms with van der Waals surface area (Å²) in [5.74, 6) is 0.430. The first kappa shape index (κ1) is 12.3. The standard InChI is InChI=1S/C12H16ClO2/c1-8(2)15-11-6-4-5-10(12(11)13)9(3)7-14/h4-6,8-9,14H,3,7H2,1-2H3. The zero-order valence-electron chi connectivity index (χ0n) is 9.03. The van der Waals surface area contributed by atoms with Gasteiger partial charge in [-0.05, 0) is 32.4 Å². The van der Waals surface area contributed by atoms with Crippen LogP contribution in [0.2, 0.25) is 5.02 Å². The molecule has 1 aromatic rings. The largest absolute Gasteiger partial charge is 0.489 e. The Morgan fingerprint density at radius 3 is 2.67 bits per heavy atom. The Kier molecular flexibility index (Phi) is 4.43. The summed E-state index contributed by atoms with van der Waals surface area (Å²) in [6.45, 7) is 7.68. The van der Waals surface area contributed by atoms with Crippen LogP contribution in [0.25, 0.3) is 0 Å². The molecule has 0 saturated carbocycles. The molecular formula is C12H16ClO2. The zero-order chi connectivity index (χ0) is 11.4. The molecule has 1 radical (unpaired) electrons. The lowest BCUT2D eigenvalue weighted by Gasteiger charge is -2.16. The Morgan fingerprint density at radius 2 is 2.13 bits per heavy atom. The van der Waals surface area contributed by atoms with Crippen molar-refractivity contribution >= 4 is 11.6 Å². The highest BCUT2D eigenvalue weighted by Gasteiger charge is 2.13. The summed E-state index contributed by atoms with van der Waals surface area (Å²) in [5.41, 5.74) is 0.817. The molecule has 3 heteroatoms. The molecule has 0 spiro atoms. The molecule has 0 amide bonds. The fourth-order valence-electron chi connectivity index (χ4n) is 1.29. The molecule has 0 fully saturated rings. The lowest BCUT2D eigenvalue weighted by molar-refractivity contribution is 0.241. The summed E-state index contributed by atoms with van der Waals surface area (Å²) in [4.78, 5) is 0. The molecule has 15 heavy (non-hydrogen) atoms. The number of hydrogen-bond acceptors (Lipinski definition) is 2. The molecule has 0 aliphatic rings. The summed E-state index contributed by atoms with van der Waals surface area (Å²) < 4.78 is 5.54. The highest BCUT2D eigenvalue weighted by Crippen LogP contribution is 2.32. The molecule has 1 rings (SSSR count). The Morgan fingerprint density at radius 1 is 1.47 bits per heavy atom. The van der Waals surface area contributed by atoms with E-state index >= 15 is 0 Å². The van der Waals surface area contributed by atoms with Gasteiger partial charge in [-0.2, -0.15) is 0 Å². The minimum atomic E-state index is -0.215. The Labute approximate surface area is 95.8 Å². The van der Waals surface area contributed by atoms with Crippen LogP contribution in [0.3, 0.4) is 0 Å². The van der Waals surface area contributed by atoms with E-state index < -0.39 is 0 Å². The van der Waals surface area contributed by atoms with Gasteiger partial charge in [0.1, 0.15) is 5.75 Å². The highest BCUT2D eigenvalue weighted by molar-refractivity contribution is 6.32. The number of aliphatic hydroxyl groups excluding tert-OH is 1. The average molecular weight is 228 g/mol. The molecule has 0 heterocycles. The maximum atomic E-state index is 9.02. The Hall–Kier alpha value is -0.730. The number of aliphatic hydroxyl groups is 1. The number of benzene rings is 1. The SMILES string of the molecule is [CH2]C(CO)c1cccc(OC(C)C)c1Cl. The normalized spacial score (nSPS) is 12.9. The van der Waals surface area contributed by atoms with Crippen LogP contribution in [0, 0.1) is 6.92 Å². The predicted octanol–water partition coefficient (Wildman–Crippen LogP) is 3.04. The van der Waals surface area contributed by atoms with E-state index in [4.69, 9.17) is 21.4 Å². The minimum absolute atomic E-state index is 0.0230. The van der Waals surface area contributed by atoms with Crippen LogP contribution >= 0.6 is 11.6 Å². The lowest BCUT2D eigenvalue weighted by atomic mass is 10.0. The number of rotatable bonds is 4. The third-order valence-corrected chi connectivity index (χ3v) is 2.42. The number of ether oxygens (including phenoxy) is 1. The summed E-state index contributed by atoms with van der Waals surface area (Å²) in [7, 11) is 0. The molecular weight excluding hydrogens is 212 g/mol. The van der Waals surface area contributed by atoms with Crippen molar-refractivity contribution in [2.24, 2.45) is 0 Å². The maximum absolute atomic E-state index is 9.02. The first-order valence-electron chi connectivity index (χ1n) is 4.95. The van der Waals surface area contributed by atoms with Gasteiger partial charge < -0.3 is 9.84 Å². The van der Waals surface area contributed by atoms with Gasteiger partial charge in [-0.15, -0.1) is 0 Å². The molecule has 1 N–H and O–H groups in total. The maximum Gasteiger partial charge on any atom is 0.138 e. The van der Waals surface area contributed by atoms with Crippen LogP contribution in [-0.2, 0) is 0 Å². The first-order valence-corrected chi connectivity index (χ1v) is 5.33. The van der Waals surface area contributed by atoms with Gasteiger partial charge in [0.25, 0.3) is 0 Å². The van der Waals surface area contributed by atoms with E-state index in [0.717, 1.165) is 5.56 Å². The topological polar surface area (TPSA) is 29.5 Å². The van der Waals surface area contributed by atoms with Gasteiger partial charge in [-0.25, -0.2) is 0 Å². The van der Waals surface area contributed by atoms with Crippen LogP contribution in [0.1, 0.15) is 25.3 Å². The first-order chi connectivity index (χ1) is 7.06. The molecule has 0 bridgehead atoms. The van der Waals surface area contributed by atoms with Gasteiger partial charge >= 0.3 is 0 Å². The zero-order valence-corrected chi connectivity index (χ0v) is 9.79. The fourth-order valence-corrected chi connectivity index (χ4v) is 1.61. The van der Waals surface area contributed by atoms with Crippen LogP contribution < -0.4 is 4.74 Å². The van der Waals surface area contributed by atoms with Crippen LogP contribution in [0.15, 0.2) is 18.2 Å². The average Bonchev–Trinajstić information content (AvgIpc) is 2.19. The van der Waals surface area contributed by atoms with Crippen LogP contribution in [-0.4, -0.2) is 17.8 Å².